The number of halogens is 1. The molecule has 0 aromatic rings. The van der Waals surface area contributed by atoms with E-state index in [1.807, 2.05) is 0 Å². The Hall–Kier alpha value is -0.0500. The molecule has 0 atom stereocenters. The van der Waals surface area contributed by atoms with Crippen molar-refractivity contribution < 1.29 is 9.47 Å². The lowest BCUT2D eigenvalue weighted by molar-refractivity contribution is -0.148. The molecule has 0 aliphatic rings. The third kappa shape index (κ3) is 20.1. The van der Waals surface area contributed by atoms with Gasteiger partial charge in [0.15, 0.2) is 6.29 Å². The molecule has 0 bridgehead atoms. The summed E-state index contributed by atoms with van der Waals surface area (Å²) < 4.78 is 11.9. The van der Waals surface area contributed by atoms with E-state index < -0.39 is 0 Å². The number of hydrogen-bond donors (Lipinski definition) is 0. The molecule has 25 heavy (non-hydrogen) atoms. The van der Waals surface area contributed by atoms with Crippen molar-refractivity contribution in [3.8, 4) is 0 Å². The van der Waals surface area contributed by atoms with Crippen LogP contribution in [0.2, 0.25) is 0 Å². The van der Waals surface area contributed by atoms with E-state index in [1.165, 1.54) is 64.2 Å². The minimum absolute atomic E-state index is 0.0206. The zero-order valence-electron chi connectivity index (χ0n) is 16.9. The van der Waals surface area contributed by atoms with Gasteiger partial charge in [-0.05, 0) is 44.9 Å². The summed E-state index contributed by atoms with van der Waals surface area (Å²) in [6, 6.07) is 0. The van der Waals surface area contributed by atoms with Gasteiger partial charge in [0.05, 0.1) is 0 Å². The first-order valence-electron chi connectivity index (χ1n) is 10.8. The summed E-state index contributed by atoms with van der Waals surface area (Å²) in [6.45, 7) is 6.15. The molecular formula is C22H43ClO2. The Labute approximate surface area is 162 Å². The van der Waals surface area contributed by atoms with Crippen molar-refractivity contribution >= 4 is 11.6 Å². The smallest absolute Gasteiger partial charge is 0.157 e. The molecule has 150 valence electrons. The summed E-state index contributed by atoms with van der Waals surface area (Å²) in [7, 11) is 0. The highest BCUT2D eigenvalue weighted by Gasteiger charge is 2.09. The van der Waals surface area contributed by atoms with Gasteiger partial charge < -0.3 is 9.47 Å². The average Bonchev–Trinajstić information content (AvgIpc) is 2.63. The van der Waals surface area contributed by atoms with E-state index in [-0.39, 0.29) is 6.29 Å². The highest BCUT2D eigenvalue weighted by atomic mass is 35.5. The van der Waals surface area contributed by atoms with Crippen LogP contribution in [0.4, 0.5) is 0 Å². The van der Waals surface area contributed by atoms with Gasteiger partial charge in [0.1, 0.15) is 0 Å². The molecule has 0 aromatic carbocycles. The topological polar surface area (TPSA) is 18.5 Å². The van der Waals surface area contributed by atoms with E-state index >= 15 is 0 Å². The zero-order valence-corrected chi connectivity index (χ0v) is 17.7. The van der Waals surface area contributed by atoms with E-state index in [9.17, 15) is 0 Å². The molecule has 0 unspecified atom stereocenters. The number of rotatable bonds is 20. The summed E-state index contributed by atoms with van der Waals surface area (Å²) >= 11 is 5.65. The monoisotopic (exact) mass is 374 g/mol. The number of unbranched alkanes of at least 4 members (excludes halogenated alkanes) is 9. The van der Waals surface area contributed by atoms with Crippen LogP contribution in [0, 0.1) is 0 Å². The van der Waals surface area contributed by atoms with E-state index in [1.54, 1.807) is 0 Å². The SMILES string of the molecule is CCCCCOC(CCCCCCC/C=C/CCCl)OCCCCC. The number of allylic oxidation sites excluding steroid dienone is 2. The molecule has 0 heterocycles. The second-order valence-corrected chi connectivity index (χ2v) is 7.26. The van der Waals surface area contributed by atoms with Crippen LogP contribution in [0.1, 0.15) is 104 Å². The lowest BCUT2D eigenvalue weighted by Gasteiger charge is -2.18. The highest BCUT2D eigenvalue weighted by Crippen LogP contribution is 2.13. The van der Waals surface area contributed by atoms with E-state index in [0.29, 0.717) is 0 Å². The van der Waals surface area contributed by atoms with Crippen molar-refractivity contribution in [2.24, 2.45) is 0 Å². The third-order valence-electron chi connectivity index (χ3n) is 4.36. The molecule has 2 nitrogen and oxygen atoms in total. The van der Waals surface area contributed by atoms with Crippen LogP contribution in [0.25, 0.3) is 0 Å². The lowest BCUT2D eigenvalue weighted by atomic mass is 10.1. The van der Waals surface area contributed by atoms with Gasteiger partial charge in [-0.1, -0.05) is 70.9 Å². The van der Waals surface area contributed by atoms with Crippen LogP contribution in [-0.4, -0.2) is 25.4 Å². The maximum atomic E-state index is 5.96. The molecule has 0 amide bonds. The normalized spacial score (nSPS) is 11.8. The third-order valence-corrected chi connectivity index (χ3v) is 4.57. The second kappa shape index (κ2) is 22.0. The Kier molecular flexibility index (Phi) is 21.9. The standard InChI is InChI=1S/C22H43ClO2/c1-3-5-16-20-24-22(25-21-17-6-4-2)18-14-12-10-8-7-9-11-13-15-19-23/h11,13,22H,3-10,12,14-21H2,1-2H3/b13-11+. The molecule has 0 saturated carbocycles. The molecule has 0 N–H and O–H groups in total. The number of hydrogen-bond acceptors (Lipinski definition) is 2. The average molecular weight is 375 g/mol. The first-order chi connectivity index (χ1) is 12.3. The van der Waals surface area contributed by atoms with Gasteiger partial charge in [-0.25, -0.2) is 0 Å². The van der Waals surface area contributed by atoms with Crippen molar-refractivity contribution in [1.29, 1.82) is 0 Å². The molecule has 0 aliphatic heterocycles. The number of ether oxygens (including phenoxy) is 2. The van der Waals surface area contributed by atoms with Crippen LogP contribution in [0.15, 0.2) is 12.2 Å². The largest absolute Gasteiger partial charge is 0.353 e. The summed E-state index contributed by atoms with van der Waals surface area (Å²) in [5.74, 6) is 0.735. The Morgan fingerprint density at radius 1 is 0.680 bits per heavy atom. The fraction of sp³-hybridized carbons (Fsp3) is 0.909. The fourth-order valence-corrected chi connectivity index (χ4v) is 2.88. The summed E-state index contributed by atoms with van der Waals surface area (Å²) in [4.78, 5) is 0. The predicted octanol–water partition coefficient (Wildman–Crippen LogP) is 7.64. The van der Waals surface area contributed by atoms with Gasteiger partial charge >= 0.3 is 0 Å². The van der Waals surface area contributed by atoms with Crippen molar-refractivity contribution in [2.45, 2.75) is 110 Å². The molecular weight excluding hydrogens is 332 g/mol. The Morgan fingerprint density at radius 2 is 1.24 bits per heavy atom. The first kappa shape index (κ1) is 24.9. The summed E-state index contributed by atoms with van der Waals surface area (Å²) in [6.07, 6.45) is 21.5. The highest BCUT2D eigenvalue weighted by molar-refractivity contribution is 6.17. The summed E-state index contributed by atoms with van der Waals surface area (Å²) in [5.41, 5.74) is 0. The van der Waals surface area contributed by atoms with E-state index in [0.717, 1.165) is 44.8 Å². The van der Waals surface area contributed by atoms with E-state index in [4.69, 9.17) is 21.1 Å². The van der Waals surface area contributed by atoms with Crippen LogP contribution < -0.4 is 0 Å². The van der Waals surface area contributed by atoms with Crippen molar-refractivity contribution in [1.82, 2.24) is 0 Å². The van der Waals surface area contributed by atoms with Gasteiger partial charge in [-0.2, -0.15) is 0 Å². The van der Waals surface area contributed by atoms with Crippen molar-refractivity contribution in [3.63, 3.8) is 0 Å². The zero-order chi connectivity index (χ0) is 18.4. The lowest BCUT2D eigenvalue weighted by Crippen LogP contribution is -2.19. The predicted molar refractivity (Wildman–Crippen MR) is 112 cm³/mol. The van der Waals surface area contributed by atoms with Gasteiger partial charge in [0.2, 0.25) is 0 Å². The van der Waals surface area contributed by atoms with Crippen LogP contribution >= 0.6 is 11.6 Å². The molecule has 3 heteroatoms. The molecule has 0 spiro atoms. The quantitative estimate of drug-likeness (QED) is 0.0942. The minimum Gasteiger partial charge on any atom is -0.353 e. The van der Waals surface area contributed by atoms with Crippen molar-refractivity contribution in [3.05, 3.63) is 12.2 Å². The molecule has 0 radical (unpaired) electrons. The Morgan fingerprint density at radius 3 is 1.84 bits per heavy atom. The van der Waals surface area contributed by atoms with Crippen molar-refractivity contribution in [2.75, 3.05) is 19.1 Å². The van der Waals surface area contributed by atoms with Gasteiger partial charge in [-0.15, -0.1) is 11.6 Å². The minimum atomic E-state index is 0.0206. The van der Waals surface area contributed by atoms with Crippen LogP contribution in [0.5, 0.6) is 0 Å². The molecule has 0 aromatic heterocycles. The first-order valence-corrected chi connectivity index (χ1v) is 11.3. The Bertz CT molecular complexity index is 257. The van der Waals surface area contributed by atoms with Gasteiger partial charge in [-0.3, -0.25) is 0 Å². The second-order valence-electron chi connectivity index (χ2n) is 6.88. The molecule has 0 fully saturated rings. The summed E-state index contributed by atoms with van der Waals surface area (Å²) in [5, 5.41) is 0. The number of alkyl halides is 1. The maximum absolute atomic E-state index is 5.96. The maximum Gasteiger partial charge on any atom is 0.157 e. The van der Waals surface area contributed by atoms with E-state index in [2.05, 4.69) is 26.0 Å². The molecule has 0 rings (SSSR count). The van der Waals surface area contributed by atoms with Gasteiger partial charge in [0.25, 0.3) is 0 Å². The molecule has 0 saturated heterocycles. The van der Waals surface area contributed by atoms with Crippen LogP contribution in [-0.2, 0) is 9.47 Å². The van der Waals surface area contributed by atoms with Gasteiger partial charge in [0, 0.05) is 19.1 Å². The Balaban J connectivity index is 3.66. The molecule has 0 aliphatic carbocycles. The fourth-order valence-electron chi connectivity index (χ4n) is 2.75. The van der Waals surface area contributed by atoms with Crippen LogP contribution in [0.3, 0.4) is 0 Å².